The monoisotopic (exact) mass is 1320 g/mol. The average molecular weight is 1320 g/mol. The number of halogens is 1. The maximum Gasteiger partial charge on any atom is 0.215 e. The Morgan fingerprint density at radius 1 is 0.250 bits per heavy atom. The van der Waals surface area contributed by atoms with Crippen molar-refractivity contribution in [1.82, 2.24) is 0 Å². The molecule has 504 valence electrons. The molecule has 12 aromatic rings. The summed E-state index contributed by atoms with van der Waals surface area (Å²) in [4.78, 5) is 0. The average Bonchev–Trinajstić information content (AvgIpc) is 1.58. The second-order valence-corrected chi connectivity index (χ2v) is 31.7. The Hall–Kier alpha value is -9.71. The van der Waals surface area contributed by atoms with Gasteiger partial charge < -0.3 is 0 Å². The van der Waals surface area contributed by atoms with Gasteiger partial charge in [0.2, 0.25) is 22.8 Å². The lowest BCUT2D eigenvalue weighted by molar-refractivity contribution is -0.660. The van der Waals surface area contributed by atoms with Gasteiger partial charge >= 0.3 is 0 Å². The van der Waals surface area contributed by atoms with E-state index in [4.69, 9.17) is 0 Å². The van der Waals surface area contributed by atoms with Crippen LogP contribution in [0.15, 0.2) is 195 Å². The zero-order valence-corrected chi connectivity index (χ0v) is 63.6. The van der Waals surface area contributed by atoms with E-state index in [0.29, 0.717) is 5.56 Å². The van der Waals surface area contributed by atoms with Crippen LogP contribution in [0, 0.1) is 82.0 Å². The summed E-state index contributed by atoms with van der Waals surface area (Å²) in [6.45, 7) is 42.4. The number of aryl methyl sites for hydroxylation is 11. The lowest BCUT2D eigenvalue weighted by Crippen LogP contribution is -2.31. The van der Waals surface area contributed by atoms with Crippen LogP contribution in [-0.2, 0) is 49.9 Å². The maximum absolute atomic E-state index is 15.8. The highest BCUT2D eigenvalue weighted by molar-refractivity contribution is 5.90. The molecule has 16 rings (SSSR count). The van der Waals surface area contributed by atoms with E-state index in [-0.39, 0.29) is 27.5 Å². The summed E-state index contributed by atoms with van der Waals surface area (Å²) in [7, 11) is 8.40. The predicted octanol–water partition coefficient (Wildman–Crippen LogP) is 21.5. The largest absolute Gasteiger partial charge is 0.215 e. The van der Waals surface area contributed by atoms with E-state index in [1.54, 1.807) is 0 Å². The molecular weight excluding hydrogens is 1220 g/mol. The smallest absolute Gasteiger partial charge is 0.206 e. The van der Waals surface area contributed by atoms with Gasteiger partial charge in [0.25, 0.3) is 0 Å². The van der Waals surface area contributed by atoms with Gasteiger partial charge in [-0.15, -0.1) is 0 Å². The minimum atomic E-state index is -0.332. The van der Waals surface area contributed by atoms with Crippen LogP contribution in [0.4, 0.5) is 4.39 Å². The molecule has 0 radical (unpaired) electrons. The molecule has 4 heterocycles. The van der Waals surface area contributed by atoms with E-state index in [1.807, 2.05) is 49.0 Å². The van der Waals surface area contributed by atoms with Gasteiger partial charge in [0.15, 0.2) is 24.8 Å². The van der Waals surface area contributed by atoms with E-state index in [1.165, 1.54) is 162 Å². The van der Waals surface area contributed by atoms with Crippen LogP contribution in [0.25, 0.3) is 89.5 Å². The van der Waals surface area contributed by atoms with Gasteiger partial charge in [0.05, 0.1) is 5.56 Å². The summed E-state index contributed by atoms with van der Waals surface area (Å²) in [5, 5.41) is 0. The van der Waals surface area contributed by atoms with Gasteiger partial charge in [-0.1, -0.05) is 159 Å². The van der Waals surface area contributed by atoms with Gasteiger partial charge in [-0.2, -0.15) is 0 Å². The van der Waals surface area contributed by atoms with Gasteiger partial charge in [-0.25, -0.2) is 22.7 Å². The van der Waals surface area contributed by atoms with Gasteiger partial charge in [-0.05, 0) is 241 Å². The number of hydrogen-bond donors (Lipinski definition) is 0. The van der Waals surface area contributed by atoms with Gasteiger partial charge in [-0.3, -0.25) is 0 Å². The Morgan fingerprint density at radius 3 is 1.05 bits per heavy atom. The first-order valence-electron chi connectivity index (χ1n) is 35.8. The van der Waals surface area contributed by atoms with Crippen LogP contribution in [0.5, 0.6) is 0 Å². The fourth-order valence-electron chi connectivity index (χ4n) is 17.6. The molecule has 4 aromatic heterocycles. The quantitative estimate of drug-likeness (QED) is 0.156. The van der Waals surface area contributed by atoms with Crippen LogP contribution in [0.2, 0.25) is 0 Å². The van der Waals surface area contributed by atoms with Crippen LogP contribution >= 0.6 is 0 Å². The highest BCUT2D eigenvalue weighted by atomic mass is 19.1. The molecule has 0 atom stereocenters. The Morgan fingerprint density at radius 2 is 0.610 bits per heavy atom. The first-order valence-corrected chi connectivity index (χ1v) is 35.8. The van der Waals surface area contributed by atoms with Crippen molar-refractivity contribution >= 4 is 0 Å². The zero-order valence-electron chi connectivity index (χ0n) is 63.6. The third-order valence-electron chi connectivity index (χ3n) is 23.3. The summed E-state index contributed by atoms with van der Waals surface area (Å²) in [6, 6.07) is 62.0. The molecule has 8 aromatic carbocycles. The molecule has 5 heteroatoms. The lowest BCUT2D eigenvalue weighted by Gasteiger charge is -2.23. The van der Waals surface area contributed by atoms with Crippen molar-refractivity contribution in [2.24, 2.45) is 28.2 Å². The van der Waals surface area contributed by atoms with E-state index < -0.39 is 0 Å². The number of nitrogens with zero attached hydrogens (tertiary/aromatic N) is 4. The molecule has 0 saturated heterocycles. The molecular formula is C95H101FN4+4. The molecule has 0 aliphatic heterocycles. The molecule has 4 nitrogen and oxygen atoms in total. The van der Waals surface area contributed by atoms with Crippen molar-refractivity contribution in [3.05, 3.63) is 306 Å². The van der Waals surface area contributed by atoms with E-state index in [2.05, 4.69) is 324 Å². The summed E-state index contributed by atoms with van der Waals surface area (Å²) in [5.74, 6) is -0.0874. The summed E-state index contributed by atoms with van der Waals surface area (Å²) < 4.78 is 24.6. The first-order chi connectivity index (χ1) is 47.3. The van der Waals surface area contributed by atoms with Crippen molar-refractivity contribution in [2.75, 3.05) is 0 Å². The number of fused-ring (bicyclic) bond motifs is 12. The number of hydrogen-bond acceptors (Lipinski definition) is 0. The Bertz CT molecular complexity index is 5210. The van der Waals surface area contributed by atoms with Crippen LogP contribution in [0.3, 0.4) is 0 Å². The number of benzene rings is 8. The molecule has 0 N–H and O–H groups in total. The van der Waals surface area contributed by atoms with E-state index in [0.717, 1.165) is 27.9 Å². The number of aromatic nitrogens is 4. The predicted molar refractivity (Wildman–Crippen MR) is 415 cm³/mol. The minimum absolute atomic E-state index is 0.0441. The molecule has 0 fully saturated rings. The number of rotatable bonds is 4. The molecule has 100 heavy (non-hydrogen) atoms. The third-order valence-corrected chi connectivity index (χ3v) is 23.3. The van der Waals surface area contributed by atoms with E-state index >= 15 is 4.39 Å². The Balaban J connectivity index is 0.000000119. The van der Waals surface area contributed by atoms with Crippen molar-refractivity contribution < 1.29 is 22.7 Å². The van der Waals surface area contributed by atoms with Crippen molar-refractivity contribution in [2.45, 2.75) is 153 Å². The highest BCUT2D eigenvalue weighted by Gasteiger charge is 2.43. The van der Waals surface area contributed by atoms with E-state index in [9.17, 15) is 0 Å². The molecule has 0 spiro atoms. The standard InChI is InChI=1S/3C24H26N.C23H23FN/c1-15-10-11-22(25(6)14-15)18-13-21-19(12-17(18)3)23-16(2)8-7-9-20(23)24(21,4)5;2*1-15-11-12-22(25(6)14-15)19-13-21-23(17(3)16(19)2)18-9-7-8-10-20(18)24(21,4)5;1-14-10-11-19(25(5)13-14)20-15(2)12-17-16-8-6-7-9-18(16)23(3,4)21(17)22(20)24/h3*7-14H,1-6H3;6-13H,1-5H3/q4*+1. The van der Waals surface area contributed by atoms with Crippen molar-refractivity contribution in [3.63, 3.8) is 0 Å². The minimum Gasteiger partial charge on any atom is -0.206 e. The van der Waals surface area contributed by atoms with Crippen LogP contribution in [-0.4, -0.2) is 0 Å². The van der Waals surface area contributed by atoms with Crippen LogP contribution in [0.1, 0.15) is 161 Å². The molecule has 4 aliphatic rings. The van der Waals surface area contributed by atoms with Crippen molar-refractivity contribution in [1.29, 1.82) is 0 Å². The lowest BCUT2D eigenvalue weighted by atomic mass is 9.80. The summed E-state index contributed by atoms with van der Waals surface area (Å²) >= 11 is 0. The maximum atomic E-state index is 15.8. The third kappa shape index (κ3) is 11.2. The first kappa shape index (κ1) is 68.8. The Labute approximate surface area is 596 Å². The fraction of sp³-hybridized carbons (Fsp3) is 0.284. The summed E-state index contributed by atoms with van der Waals surface area (Å²) in [6.07, 6.45) is 8.65. The highest BCUT2D eigenvalue weighted by Crippen LogP contribution is 2.56. The fourth-order valence-corrected chi connectivity index (χ4v) is 17.6. The summed E-state index contributed by atoms with van der Waals surface area (Å²) in [5.41, 5.74) is 45.0. The van der Waals surface area contributed by atoms with Gasteiger partial charge in [0, 0.05) is 90.4 Å². The normalized spacial score (nSPS) is 14.3. The molecule has 0 unspecified atom stereocenters. The van der Waals surface area contributed by atoms with Crippen LogP contribution < -0.4 is 18.3 Å². The Kier molecular flexibility index (Phi) is 17.3. The number of pyridine rings is 4. The molecule has 0 bridgehead atoms. The van der Waals surface area contributed by atoms with Gasteiger partial charge in [0.1, 0.15) is 34.0 Å². The molecule has 0 saturated carbocycles. The topological polar surface area (TPSA) is 15.5 Å². The molecule has 4 aliphatic carbocycles. The zero-order chi connectivity index (χ0) is 71.7. The second kappa shape index (κ2) is 25.2. The molecule has 0 amide bonds. The SMILES string of the molecule is Cc1ccc(-c2c(C)cc3c(c2F)C(C)(C)c2ccccc2-3)[n+](C)c1.Cc1ccc(-c2cc3c(c(C)c2C)-c2ccccc2C3(C)C)[n+](C)c1.Cc1ccc(-c2cc3c(c(C)c2C)-c2ccccc2C3(C)C)[n+](C)c1.Cc1ccc(-c2cc3c(cc2C)-c2c(C)cccc2C3(C)C)[n+](C)c1. The second-order valence-electron chi connectivity index (χ2n) is 31.7. The van der Waals surface area contributed by atoms with Crippen molar-refractivity contribution in [3.8, 4) is 89.5 Å².